The van der Waals surface area contributed by atoms with E-state index in [1.165, 1.54) is 16.2 Å². The highest BCUT2D eigenvalue weighted by Gasteiger charge is 2.04. The Morgan fingerprint density at radius 1 is 1.40 bits per heavy atom. The molecule has 84 valence electrons. The molecule has 0 atom stereocenters. The van der Waals surface area contributed by atoms with E-state index in [4.69, 9.17) is 0 Å². The average molecular weight is 288 g/mol. The van der Waals surface area contributed by atoms with Crippen molar-refractivity contribution in [3.63, 3.8) is 0 Å². The van der Waals surface area contributed by atoms with Gasteiger partial charge in [0.05, 0.1) is 0 Å². The van der Waals surface area contributed by atoms with Crippen molar-refractivity contribution in [1.29, 1.82) is 0 Å². The fourth-order valence-electron chi connectivity index (χ4n) is 1.27. The van der Waals surface area contributed by atoms with Crippen molar-refractivity contribution in [1.82, 2.24) is 5.32 Å². The molecular formula is C12H18BrNS. The summed E-state index contributed by atoms with van der Waals surface area (Å²) in [7, 11) is 1.98. The first-order chi connectivity index (χ1) is 7.13. The van der Waals surface area contributed by atoms with Crippen LogP contribution in [-0.4, -0.2) is 12.8 Å². The maximum atomic E-state index is 3.51. The topological polar surface area (TPSA) is 12.0 Å². The lowest BCUT2D eigenvalue weighted by Crippen LogP contribution is -2.06. The monoisotopic (exact) mass is 287 g/mol. The van der Waals surface area contributed by atoms with Crippen LogP contribution < -0.4 is 5.32 Å². The fraction of sp³-hybridized carbons (Fsp3) is 0.500. The summed E-state index contributed by atoms with van der Waals surface area (Å²) in [6, 6.07) is 6.50. The molecule has 1 rings (SSSR count). The molecule has 0 unspecified atom stereocenters. The highest BCUT2D eigenvalue weighted by atomic mass is 79.9. The van der Waals surface area contributed by atoms with E-state index in [1.807, 2.05) is 18.8 Å². The van der Waals surface area contributed by atoms with Gasteiger partial charge in [0, 0.05) is 21.7 Å². The molecule has 0 aliphatic heterocycles. The Kier molecular flexibility index (Phi) is 5.72. The summed E-state index contributed by atoms with van der Waals surface area (Å²) in [6.07, 6.45) is 0. The van der Waals surface area contributed by atoms with E-state index >= 15 is 0 Å². The number of rotatable bonds is 5. The van der Waals surface area contributed by atoms with Crippen molar-refractivity contribution in [2.75, 3.05) is 12.8 Å². The molecule has 0 fully saturated rings. The molecule has 0 aliphatic carbocycles. The summed E-state index contributed by atoms with van der Waals surface area (Å²) in [5.41, 5.74) is 1.37. The molecular weight excluding hydrogens is 270 g/mol. The average Bonchev–Trinajstić information content (AvgIpc) is 2.17. The van der Waals surface area contributed by atoms with Gasteiger partial charge < -0.3 is 5.32 Å². The molecule has 0 aromatic heterocycles. The zero-order chi connectivity index (χ0) is 11.3. The first-order valence-corrected chi connectivity index (χ1v) is 6.97. The SMILES string of the molecule is CNCc1cc(Br)ccc1SCC(C)C. The van der Waals surface area contributed by atoms with Gasteiger partial charge in [0.25, 0.3) is 0 Å². The van der Waals surface area contributed by atoms with Gasteiger partial charge in [-0.15, -0.1) is 11.8 Å². The van der Waals surface area contributed by atoms with Crippen molar-refractivity contribution >= 4 is 27.7 Å². The maximum absolute atomic E-state index is 3.51. The zero-order valence-electron chi connectivity index (χ0n) is 9.51. The second-order valence-corrected chi connectivity index (χ2v) is 5.96. The van der Waals surface area contributed by atoms with Crippen LogP contribution in [0, 0.1) is 5.92 Å². The van der Waals surface area contributed by atoms with Gasteiger partial charge in [-0.25, -0.2) is 0 Å². The third kappa shape index (κ3) is 4.58. The molecule has 1 nitrogen and oxygen atoms in total. The van der Waals surface area contributed by atoms with Crippen LogP contribution in [0.2, 0.25) is 0 Å². The van der Waals surface area contributed by atoms with Gasteiger partial charge in [-0.3, -0.25) is 0 Å². The van der Waals surface area contributed by atoms with E-state index in [-0.39, 0.29) is 0 Å². The quantitative estimate of drug-likeness (QED) is 0.824. The molecule has 0 heterocycles. The van der Waals surface area contributed by atoms with E-state index in [2.05, 4.69) is 53.3 Å². The smallest absolute Gasteiger partial charge is 0.0214 e. The van der Waals surface area contributed by atoms with E-state index in [0.29, 0.717) is 0 Å². The Hall–Kier alpha value is 0.01000. The van der Waals surface area contributed by atoms with Crippen LogP contribution in [0.3, 0.4) is 0 Å². The molecule has 0 bridgehead atoms. The van der Waals surface area contributed by atoms with E-state index < -0.39 is 0 Å². The number of benzene rings is 1. The van der Waals surface area contributed by atoms with Gasteiger partial charge in [-0.2, -0.15) is 0 Å². The summed E-state index contributed by atoms with van der Waals surface area (Å²) in [4.78, 5) is 1.39. The van der Waals surface area contributed by atoms with Crippen LogP contribution in [0.25, 0.3) is 0 Å². The van der Waals surface area contributed by atoms with Crippen molar-refractivity contribution in [3.05, 3.63) is 28.2 Å². The largest absolute Gasteiger partial charge is 0.316 e. The number of hydrogen-bond acceptors (Lipinski definition) is 2. The summed E-state index contributed by atoms with van der Waals surface area (Å²) >= 11 is 5.45. The molecule has 1 aromatic carbocycles. The molecule has 15 heavy (non-hydrogen) atoms. The van der Waals surface area contributed by atoms with Gasteiger partial charge in [0.2, 0.25) is 0 Å². The van der Waals surface area contributed by atoms with E-state index in [1.54, 1.807) is 0 Å². The lowest BCUT2D eigenvalue weighted by Gasteiger charge is -2.10. The lowest BCUT2D eigenvalue weighted by molar-refractivity contribution is 0.749. The van der Waals surface area contributed by atoms with Gasteiger partial charge in [0.1, 0.15) is 0 Å². The van der Waals surface area contributed by atoms with E-state index in [0.717, 1.165) is 16.9 Å². The van der Waals surface area contributed by atoms with Crippen LogP contribution in [-0.2, 0) is 6.54 Å². The van der Waals surface area contributed by atoms with E-state index in [9.17, 15) is 0 Å². The Morgan fingerprint density at radius 3 is 2.73 bits per heavy atom. The zero-order valence-corrected chi connectivity index (χ0v) is 11.9. The molecule has 1 N–H and O–H groups in total. The van der Waals surface area contributed by atoms with Crippen molar-refractivity contribution < 1.29 is 0 Å². The number of thioether (sulfide) groups is 1. The normalized spacial score (nSPS) is 11.0. The van der Waals surface area contributed by atoms with Crippen LogP contribution in [0.1, 0.15) is 19.4 Å². The summed E-state index contributed by atoms with van der Waals surface area (Å²) in [5, 5.41) is 3.21. The first-order valence-electron chi connectivity index (χ1n) is 5.19. The molecule has 0 spiro atoms. The third-order valence-corrected chi connectivity index (χ3v) is 4.00. The van der Waals surface area contributed by atoms with Crippen LogP contribution >= 0.6 is 27.7 Å². The Bertz CT molecular complexity index is 312. The Labute approximate surface area is 105 Å². The summed E-state index contributed by atoms with van der Waals surface area (Å²) in [6.45, 7) is 5.44. The van der Waals surface area contributed by atoms with Gasteiger partial charge in [-0.1, -0.05) is 29.8 Å². The molecule has 0 saturated heterocycles. The molecule has 0 amide bonds. The van der Waals surface area contributed by atoms with Crippen molar-refractivity contribution in [2.45, 2.75) is 25.3 Å². The standard InChI is InChI=1S/C12H18BrNS/c1-9(2)8-15-12-5-4-11(13)6-10(12)7-14-3/h4-6,9,14H,7-8H2,1-3H3. The fourth-order valence-corrected chi connectivity index (χ4v) is 2.68. The second kappa shape index (κ2) is 6.56. The molecule has 0 saturated carbocycles. The van der Waals surface area contributed by atoms with Crippen LogP contribution in [0.4, 0.5) is 0 Å². The van der Waals surface area contributed by atoms with Gasteiger partial charge in [-0.05, 0) is 36.7 Å². The molecule has 0 radical (unpaired) electrons. The van der Waals surface area contributed by atoms with Crippen molar-refractivity contribution in [3.8, 4) is 0 Å². The van der Waals surface area contributed by atoms with Gasteiger partial charge >= 0.3 is 0 Å². The first kappa shape index (κ1) is 13.1. The number of nitrogens with one attached hydrogen (secondary N) is 1. The lowest BCUT2D eigenvalue weighted by atomic mass is 10.2. The Balaban J connectivity index is 2.76. The summed E-state index contributed by atoms with van der Waals surface area (Å²) in [5.74, 6) is 1.92. The summed E-state index contributed by atoms with van der Waals surface area (Å²) < 4.78 is 1.15. The van der Waals surface area contributed by atoms with Gasteiger partial charge in [0.15, 0.2) is 0 Å². The minimum absolute atomic E-state index is 0.737. The predicted molar refractivity (Wildman–Crippen MR) is 72.5 cm³/mol. The minimum Gasteiger partial charge on any atom is -0.316 e. The van der Waals surface area contributed by atoms with Crippen LogP contribution in [0.15, 0.2) is 27.6 Å². The predicted octanol–water partition coefficient (Wildman–Crippen LogP) is 3.92. The second-order valence-electron chi connectivity index (χ2n) is 3.99. The Morgan fingerprint density at radius 2 is 2.13 bits per heavy atom. The molecule has 1 aromatic rings. The highest BCUT2D eigenvalue weighted by molar-refractivity contribution is 9.10. The van der Waals surface area contributed by atoms with Crippen molar-refractivity contribution in [2.24, 2.45) is 5.92 Å². The number of halogens is 1. The highest BCUT2D eigenvalue weighted by Crippen LogP contribution is 2.27. The molecule has 3 heteroatoms. The van der Waals surface area contributed by atoms with Crippen LogP contribution in [0.5, 0.6) is 0 Å². The molecule has 0 aliphatic rings. The third-order valence-electron chi connectivity index (χ3n) is 1.96. The maximum Gasteiger partial charge on any atom is 0.0214 e. The number of hydrogen-bond donors (Lipinski definition) is 1. The minimum atomic E-state index is 0.737.